The van der Waals surface area contributed by atoms with Gasteiger partial charge in [0.05, 0.1) is 5.92 Å². The Hall–Kier alpha value is -0.530. The first-order valence-corrected chi connectivity index (χ1v) is 13.6. The summed E-state index contributed by atoms with van der Waals surface area (Å²) < 4.78 is 0. The molecule has 0 spiro atoms. The molecule has 0 amide bonds. The van der Waals surface area contributed by atoms with Gasteiger partial charge in [-0.15, -0.1) is 0 Å². The van der Waals surface area contributed by atoms with Crippen molar-refractivity contribution in [3.8, 4) is 0 Å². The molecule has 0 bridgehead atoms. The predicted molar refractivity (Wildman–Crippen MR) is 133 cm³/mol. The minimum Gasteiger partial charge on any atom is -0.481 e. The van der Waals surface area contributed by atoms with Gasteiger partial charge in [-0.2, -0.15) is 0 Å². The van der Waals surface area contributed by atoms with Crippen molar-refractivity contribution in [2.75, 3.05) is 0 Å². The summed E-state index contributed by atoms with van der Waals surface area (Å²) in [7, 11) is 0. The van der Waals surface area contributed by atoms with E-state index in [0.717, 1.165) is 25.2 Å². The van der Waals surface area contributed by atoms with Crippen molar-refractivity contribution in [1.29, 1.82) is 0 Å². The van der Waals surface area contributed by atoms with Gasteiger partial charge in [-0.05, 0) is 37.0 Å². The monoisotopic (exact) mass is 424 g/mol. The molecule has 180 valence electrons. The van der Waals surface area contributed by atoms with E-state index in [1.54, 1.807) is 0 Å². The minimum absolute atomic E-state index is 0.128. The third kappa shape index (κ3) is 18.3. The molecule has 0 aromatic rings. The molecule has 0 aromatic carbocycles. The van der Waals surface area contributed by atoms with E-state index in [1.165, 1.54) is 96.3 Å². The Morgan fingerprint density at radius 3 is 1.70 bits per heavy atom. The molecule has 30 heavy (non-hydrogen) atoms. The van der Waals surface area contributed by atoms with Gasteiger partial charge in [0.25, 0.3) is 0 Å². The Labute approximate surface area is 190 Å². The topological polar surface area (TPSA) is 37.3 Å². The normalized spacial score (nSPS) is 14.7. The Morgan fingerprint density at radius 1 is 0.633 bits per heavy atom. The first kappa shape index (κ1) is 29.5. The lowest BCUT2D eigenvalue weighted by molar-refractivity contribution is -0.142. The highest BCUT2D eigenvalue weighted by molar-refractivity contribution is 5.69. The van der Waals surface area contributed by atoms with Crippen molar-refractivity contribution < 1.29 is 9.90 Å². The largest absolute Gasteiger partial charge is 0.481 e. The summed E-state index contributed by atoms with van der Waals surface area (Å²) in [5.41, 5.74) is 0. The molecule has 0 saturated heterocycles. The van der Waals surface area contributed by atoms with E-state index < -0.39 is 5.97 Å². The van der Waals surface area contributed by atoms with Crippen LogP contribution in [-0.4, -0.2) is 11.1 Å². The lowest BCUT2D eigenvalue weighted by Crippen LogP contribution is -2.19. The number of carbonyl (C=O) groups is 1. The minimum atomic E-state index is -0.562. The number of aliphatic carboxylic acids is 1. The molecule has 0 fully saturated rings. The van der Waals surface area contributed by atoms with E-state index in [2.05, 4.69) is 34.6 Å². The van der Waals surface area contributed by atoms with E-state index in [1.807, 2.05) is 0 Å². The standard InChI is InChI=1S/C28H56O2/c1-6-8-20-26(17-7-2)23-27(28(29)30)22-21-25(5)19-16-14-12-10-9-11-13-15-18-24(3)4/h24-27H,6-23H2,1-5H3,(H,29,30). The van der Waals surface area contributed by atoms with Crippen molar-refractivity contribution >= 4 is 5.97 Å². The average Bonchev–Trinajstić information content (AvgIpc) is 2.70. The first-order valence-electron chi connectivity index (χ1n) is 13.6. The fourth-order valence-corrected chi connectivity index (χ4v) is 4.76. The molecule has 0 aliphatic rings. The van der Waals surface area contributed by atoms with Crippen molar-refractivity contribution in [2.45, 2.75) is 150 Å². The Balaban J connectivity index is 3.86. The van der Waals surface area contributed by atoms with Gasteiger partial charge in [-0.3, -0.25) is 4.79 Å². The van der Waals surface area contributed by atoms with Crippen LogP contribution in [0.15, 0.2) is 0 Å². The molecule has 2 heteroatoms. The van der Waals surface area contributed by atoms with Gasteiger partial charge in [0, 0.05) is 0 Å². The molecular formula is C28H56O2. The zero-order valence-electron chi connectivity index (χ0n) is 21.4. The van der Waals surface area contributed by atoms with E-state index in [-0.39, 0.29) is 5.92 Å². The molecular weight excluding hydrogens is 368 g/mol. The van der Waals surface area contributed by atoms with Crippen molar-refractivity contribution in [3.63, 3.8) is 0 Å². The lowest BCUT2D eigenvalue weighted by Gasteiger charge is -2.22. The van der Waals surface area contributed by atoms with Crippen LogP contribution in [0.4, 0.5) is 0 Å². The molecule has 0 heterocycles. The highest BCUT2D eigenvalue weighted by Gasteiger charge is 2.22. The molecule has 0 rings (SSSR count). The van der Waals surface area contributed by atoms with E-state index in [9.17, 15) is 9.90 Å². The zero-order valence-corrected chi connectivity index (χ0v) is 21.4. The van der Waals surface area contributed by atoms with Gasteiger partial charge in [0.2, 0.25) is 0 Å². The number of unbranched alkanes of at least 4 members (excludes halogenated alkanes) is 8. The van der Waals surface area contributed by atoms with Crippen LogP contribution in [-0.2, 0) is 4.79 Å². The number of carboxylic acid groups (broad SMARTS) is 1. The highest BCUT2D eigenvalue weighted by Crippen LogP contribution is 2.28. The third-order valence-electron chi connectivity index (χ3n) is 6.87. The van der Waals surface area contributed by atoms with Crippen molar-refractivity contribution in [2.24, 2.45) is 23.7 Å². The van der Waals surface area contributed by atoms with E-state index >= 15 is 0 Å². The van der Waals surface area contributed by atoms with Gasteiger partial charge >= 0.3 is 5.97 Å². The number of hydrogen-bond donors (Lipinski definition) is 1. The summed E-state index contributed by atoms with van der Waals surface area (Å²) in [4.78, 5) is 11.8. The van der Waals surface area contributed by atoms with Gasteiger partial charge in [0.1, 0.15) is 0 Å². The molecule has 0 aliphatic carbocycles. The Kier molecular flexibility index (Phi) is 20.0. The van der Waals surface area contributed by atoms with Crippen LogP contribution >= 0.6 is 0 Å². The third-order valence-corrected chi connectivity index (χ3v) is 6.87. The molecule has 0 saturated carbocycles. The van der Waals surface area contributed by atoms with Gasteiger partial charge in [-0.1, -0.05) is 131 Å². The summed E-state index contributed by atoms with van der Waals surface area (Å²) in [5.74, 6) is 1.45. The second-order valence-electron chi connectivity index (χ2n) is 10.5. The number of carboxylic acids is 1. The van der Waals surface area contributed by atoms with E-state index in [0.29, 0.717) is 11.8 Å². The second kappa shape index (κ2) is 20.4. The number of hydrogen-bond acceptors (Lipinski definition) is 1. The SMILES string of the molecule is CCCCC(CCC)CC(CCC(C)CCCCCCCCCCC(C)C)C(=O)O. The smallest absolute Gasteiger partial charge is 0.306 e. The second-order valence-corrected chi connectivity index (χ2v) is 10.5. The van der Waals surface area contributed by atoms with Crippen LogP contribution in [0.1, 0.15) is 150 Å². The van der Waals surface area contributed by atoms with Gasteiger partial charge in [0.15, 0.2) is 0 Å². The highest BCUT2D eigenvalue weighted by atomic mass is 16.4. The van der Waals surface area contributed by atoms with Crippen molar-refractivity contribution in [3.05, 3.63) is 0 Å². The molecule has 3 unspecified atom stereocenters. The Morgan fingerprint density at radius 2 is 1.20 bits per heavy atom. The maximum Gasteiger partial charge on any atom is 0.306 e. The summed E-state index contributed by atoms with van der Waals surface area (Å²) in [6, 6.07) is 0. The molecule has 0 aromatic heterocycles. The molecule has 1 N–H and O–H groups in total. The summed E-state index contributed by atoms with van der Waals surface area (Å²) in [6.45, 7) is 11.4. The van der Waals surface area contributed by atoms with Crippen LogP contribution < -0.4 is 0 Å². The van der Waals surface area contributed by atoms with Crippen molar-refractivity contribution in [1.82, 2.24) is 0 Å². The molecule has 3 atom stereocenters. The predicted octanol–water partition coefficient (Wildman–Crippen LogP) is 9.66. The zero-order chi connectivity index (χ0) is 22.6. The lowest BCUT2D eigenvalue weighted by atomic mass is 9.83. The van der Waals surface area contributed by atoms with Gasteiger partial charge in [-0.25, -0.2) is 0 Å². The fraction of sp³-hybridized carbons (Fsp3) is 0.964. The van der Waals surface area contributed by atoms with Crippen LogP contribution in [0.25, 0.3) is 0 Å². The molecule has 2 nitrogen and oxygen atoms in total. The van der Waals surface area contributed by atoms with Crippen LogP contribution in [0.3, 0.4) is 0 Å². The van der Waals surface area contributed by atoms with Gasteiger partial charge < -0.3 is 5.11 Å². The molecule has 0 radical (unpaired) electrons. The fourth-order valence-electron chi connectivity index (χ4n) is 4.76. The average molecular weight is 425 g/mol. The van der Waals surface area contributed by atoms with Crippen LogP contribution in [0, 0.1) is 23.7 Å². The maximum atomic E-state index is 11.8. The number of rotatable bonds is 22. The summed E-state index contributed by atoms with van der Waals surface area (Å²) in [6.07, 6.45) is 22.6. The Bertz CT molecular complexity index is 377. The van der Waals surface area contributed by atoms with Crippen LogP contribution in [0.5, 0.6) is 0 Å². The van der Waals surface area contributed by atoms with E-state index in [4.69, 9.17) is 0 Å². The maximum absolute atomic E-state index is 11.8. The van der Waals surface area contributed by atoms with Crippen LogP contribution in [0.2, 0.25) is 0 Å². The molecule has 0 aliphatic heterocycles. The first-order chi connectivity index (χ1) is 14.4. The quantitative estimate of drug-likeness (QED) is 0.176. The summed E-state index contributed by atoms with van der Waals surface area (Å²) in [5, 5.41) is 9.71. The summed E-state index contributed by atoms with van der Waals surface area (Å²) >= 11 is 0.